The molecular weight excluding hydrogens is 240 g/mol. The molecule has 1 aromatic rings. The summed E-state index contributed by atoms with van der Waals surface area (Å²) >= 11 is 0. The molecule has 4 heteroatoms. The van der Waals surface area contributed by atoms with Crippen molar-refractivity contribution >= 4 is 11.6 Å². The van der Waals surface area contributed by atoms with Gasteiger partial charge in [-0.2, -0.15) is 0 Å². The fraction of sp³-hybridized carbons (Fsp3) is 0.533. The Morgan fingerprint density at radius 2 is 2.21 bits per heavy atom. The molecule has 2 aliphatic heterocycles. The lowest BCUT2D eigenvalue weighted by Gasteiger charge is -2.20. The SMILES string of the molecule is CNc1ccc(C(=O)NC2CC3CCC2O3)cc1C. The van der Waals surface area contributed by atoms with E-state index in [1.165, 1.54) is 0 Å². The molecular formula is C15H20N2O2. The standard InChI is InChI=1S/C15H20N2O2/c1-9-7-10(3-5-12(9)16-2)15(18)17-13-8-11-4-6-14(13)19-11/h3,5,7,11,13-14,16H,4,6,8H2,1-2H3,(H,17,18). The van der Waals surface area contributed by atoms with Gasteiger partial charge in [-0.15, -0.1) is 0 Å². The van der Waals surface area contributed by atoms with Gasteiger partial charge in [0.15, 0.2) is 0 Å². The van der Waals surface area contributed by atoms with Crippen LogP contribution in [0, 0.1) is 6.92 Å². The van der Waals surface area contributed by atoms with Gasteiger partial charge in [0.25, 0.3) is 5.91 Å². The van der Waals surface area contributed by atoms with Crippen molar-refractivity contribution in [1.29, 1.82) is 0 Å². The molecule has 0 aromatic heterocycles. The van der Waals surface area contributed by atoms with Crippen molar-refractivity contribution in [3.05, 3.63) is 29.3 Å². The highest BCUT2D eigenvalue weighted by Gasteiger charge is 2.41. The number of amides is 1. The van der Waals surface area contributed by atoms with Crippen LogP contribution in [0.2, 0.25) is 0 Å². The van der Waals surface area contributed by atoms with E-state index in [4.69, 9.17) is 4.74 Å². The Labute approximate surface area is 113 Å². The molecule has 1 aromatic carbocycles. The summed E-state index contributed by atoms with van der Waals surface area (Å²) in [4.78, 5) is 12.2. The van der Waals surface area contributed by atoms with Crippen LogP contribution in [0.5, 0.6) is 0 Å². The summed E-state index contributed by atoms with van der Waals surface area (Å²) in [6, 6.07) is 5.93. The van der Waals surface area contributed by atoms with E-state index >= 15 is 0 Å². The van der Waals surface area contributed by atoms with E-state index in [0.29, 0.717) is 6.10 Å². The quantitative estimate of drug-likeness (QED) is 0.875. The first-order valence-electron chi connectivity index (χ1n) is 6.92. The molecule has 0 saturated carbocycles. The minimum Gasteiger partial charge on any atom is -0.388 e. The zero-order valence-corrected chi connectivity index (χ0v) is 11.4. The maximum Gasteiger partial charge on any atom is 0.251 e. The van der Waals surface area contributed by atoms with Crippen LogP contribution in [0.4, 0.5) is 5.69 Å². The molecule has 3 unspecified atom stereocenters. The first-order valence-corrected chi connectivity index (χ1v) is 6.92. The van der Waals surface area contributed by atoms with Gasteiger partial charge in [0, 0.05) is 18.3 Å². The summed E-state index contributed by atoms with van der Waals surface area (Å²) in [6.07, 6.45) is 3.78. The number of anilines is 1. The second kappa shape index (κ2) is 4.85. The number of nitrogens with one attached hydrogen (secondary N) is 2. The van der Waals surface area contributed by atoms with Crippen LogP contribution in [-0.4, -0.2) is 31.2 Å². The van der Waals surface area contributed by atoms with Gasteiger partial charge < -0.3 is 15.4 Å². The van der Waals surface area contributed by atoms with Crippen LogP contribution in [0.1, 0.15) is 35.2 Å². The molecule has 102 valence electrons. The highest BCUT2D eigenvalue weighted by atomic mass is 16.5. The van der Waals surface area contributed by atoms with E-state index in [9.17, 15) is 4.79 Å². The molecule has 3 atom stereocenters. The zero-order valence-electron chi connectivity index (χ0n) is 11.4. The van der Waals surface area contributed by atoms with E-state index in [-0.39, 0.29) is 18.1 Å². The van der Waals surface area contributed by atoms with Gasteiger partial charge in [0.2, 0.25) is 0 Å². The summed E-state index contributed by atoms with van der Waals surface area (Å²) in [7, 11) is 1.88. The largest absolute Gasteiger partial charge is 0.388 e. The molecule has 2 bridgehead atoms. The average molecular weight is 260 g/mol. The molecule has 0 spiro atoms. The number of hydrogen-bond donors (Lipinski definition) is 2. The normalized spacial score (nSPS) is 28.4. The predicted molar refractivity (Wildman–Crippen MR) is 74.5 cm³/mol. The van der Waals surface area contributed by atoms with Crippen LogP contribution >= 0.6 is 0 Å². The van der Waals surface area contributed by atoms with Crippen LogP contribution in [0.15, 0.2) is 18.2 Å². The van der Waals surface area contributed by atoms with Crippen LogP contribution in [0.25, 0.3) is 0 Å². The van der Waals surface area contributed by atoms with Gasteiger partial charge in [0.05, 0.1) is 18.2 Å². The van der Waals surface area contributed by atoms with Crippen molar-refractivity contribution in [2.45, 2.75) is 44.4 Å². The number of carbonyl (C=O) groups excluding carboxylic acids is 1. The average Bonchev–Trinajstić information content (AvgIpc) is 3.00. The van der Waals surface area contributed by atoms with Gasteiger partial charge in [-0.3, -0.25) is 4.79 Å². The smallest absolute Gasteiger partial charge is 0.251 e. The highest BCUT2D eigenvalue weighted by Crippen LogP contribution is 2.34. The molecule has 1 amide bonds. The Hall–Kier alpha value is -1.55. The third-order valence-corrected chi connectivity index (χ3v) is 4.18. The summed E-state index contributed by atoms with van der Waals surface area (Å²) in [6.45, 7) is 2.00. The summed E-state index contributed by atoms with van der Waals surface area (Å²) in [5.74, 6) is 0.00639. The van der Waals surface area contributed by atoms with E-state index < -0.39 is 0 Å². The molecule has 0 aliphatic carbocycles. The topological polar surface area (TPSA) is 50.4 Å². The van der Waals surface area contributed by atoms with Gasteiger partial charge in [-0.1, -0.05) is 0 Å². The fourth-order valence-electron chi connectivity index (χ4n) is 3.13. The van der Waals surface area contributed by atoms with Crippen molar-refractivity contribution < 1.29 is 9.53 Å². The second-order valence-electron chi connectivity index (χ2n) is 5.47. The zero-order chi connectivity index (χ0) is 13.4. The Morgan fingerprint density at radius 3 is 2.79 bits per heavy atom. The Kier molecular flexibility index (Phi) is 3.19. The highest BCUT2D eigenvalue weighted by molar-refractivity contribution is 5.95. The molecule has 19 heavy (non-hydrogen) atoms. The molecule has 2 fully saturated rings. The van der Waals surface area contributed by atoms with Gasteiger partial charge in [-0.25, -0.2) is 0 Å². The van der Waals surface area contributed by atoms with E-state index in [1.54, 1.807) is 0 Å². The number of carbonyl (C=O) groups is 1. The van der Waals surface area contributed by atoms with Crippen molar-refractivity contribution in [3.63, 3.8) is 0 Å². The number of rotatable bonds is 3. The number of ether oxygens (including phenoxy) is 1. The lowest BCUT2D eigenvalue weighted by Crippen LogP contribution is -2.41. The van der Waals surface area contributed by atoms with Gasteiger partial charge in [0.1, 0.15) is 0 Å². The Morgan fingerprint density at radius 1 is 1.37 bits per heavy atom. The van der Waals surface area contributed by atoms with Crippen molar-refractivity contribution in [2.75, 3.05) is 12.4 Å². The number of hydrogen-bond acceptors (Lipinski definition) is 3. The number of aryl methyl sites for hydroxylation is 1. The lowest BCUT2D eigenvalue weighted by molar-refractivity contribution is 0.0841. The maximum absolute atomic E-state index is 12.2. The van der Waals surface area contributed by atoms with Crippen molar-refractivity contribution in [2.24, 2.45) is 0 Å². The second-order valence-corrected chi connectivity index (χ2v) is 5.47. The van der Waals surface area contributed by atoms with E-state index in [2.05, 4.69) is 10.6 Å². The van der Waals surface area contributed by atoms with Gasteiger partial charge >= 0.3 is 0 Å². The fourth-order valence-corrected chi connectivity index (χ4v) is 3.13. The number of fused-ring (bicyclic) bond motifs is 2. The lowest BCUT2D eigenvalue weighted by atomic mass is 9.95. The summed E-state index contributed by atoms with van der Waals surface area (Å²) in [5.41, 5.74) is 2.86. The molecule has 2 heterocycles. The molecule has 2 saturated heterocycles. The van der Waals surface area contributed by atoms with Crippen molar-refractivity contribution in [1.82, 2.24) is 5.32 Å². The Balaban J connectivity index is 1.69. The third-order valence-electron chi connectivity index (χ3n) is 4.18. The van der Waals surface area contributed by atoms with Crippen LogP contribution < -0.4 is 10.6 Å². The number of benzene rings is 1. The van der Waals surface area contributed by atoms with Gasteiger partial charge in [-0.05, 0) is 49.9 Å². The molecule has 0 radical (unpaired) electrons. The first-order chi connectivity index (χ1) is 9.17. The summed E-state index contributed by atoms with van der Waals surface area (Å²) < 4.78 is 5.76. The van der Waals surface area contributed by atoms with Crippen LogP contribution in [-0.2, 0) is 4.74 Å². The van der Waals surface area contributed by atoms with Crippen LogP contribution in [0.3, 0.4) is 0 Å². The predicted octanol–water partition coefficient (Wildman–Crippen LogP) is 2.09. The first kappa shape index (κ1) is 12.5. The summed E-state index contributed by atoms with van der Waals surface area (Å²) in [5, 5.41) is 6.21. The van der Waals surface area contributed by atoms with E-state index in [1.807, 2.05) is 32.2 Å². The monoisotopic (exact) mass is 260 g/mol. The molecule has 4 nitrogen and oxygen atoms in total. The van der Waals surface area contributed by atoms with Crippen molar-refractivity contribution in [3.8, 4) is 0 Å². The minimum absolute atomic E-state index is 0.00639. The molecule has 3 rings (SSSR count). The minimum atomic E-state index is 0.00639. The molecule has 2 N–H and O–H groups in total. The maximum atomic E-state index is 12.2. The third kappa shape index (κ3) is 2.32. The van der Waals surface area contributed by atoms with E-state index in [0.717, 1.165) is 36.1 Å². The molecule has 2 aliphatic rings. The Bertz CT molecular complexity index is 501.